The Morgan fingerprint density at radius 3 is 1.21 bits per heavy atom. The fourth-order valence-electron chi connectivity index (χ4n) is 3.20. The molecule has 0 amide bonds. The largest absolute Gasteiger partial charge is 0.321 e. The number of halogens is 2. The van der Waals surface area contributed by atoms with Crippen molar-refractivity contribution >= 4 is 83.4 Å². The normalized spacial score (nSPS) is 12.5. The van der Waals surface area contributed by atoms with Crippen LogP contribution in [-0.2, 0) is 9.59 Å². The number of rotatable bonds is 25. The maximum absolute atomic E-state index is 11.9. The summed E-state index contributed by atoms with van der Waals surface area (Å²) in [7, 11) is 0. The SMILES string of the molecule is CSCC[C@H](N)C(=O)CCSCCCCCCCCCCSCCC(=O)[C@@H](N)CCSC.Cl.Cl. The van der Waals surface area contributed by atoms with Crippen molar-refractivity contribution < 1.29 is 9.59 Å². The second-order valence-corrected chi connectivity index (χ2v) is 12.7. The van der Waals surface area contributed by atoms with E-state index in [1.165, 1.54) is 51.4 Å². The first-order valence-corrected chi connectivity index (χ1v) is 17.3. The van der Waals surface area contributed by atoms with Crippen LogP contribution in [0.2, 0.25) is 0 Å². The van der Waals surface area contributed by atoms with Gasteiger partial charge in [0.1, 0.15) is 11.6 Å². The summed E-state index contributed by atoms with van der Waals surface area (Å²) in [5.74, 6) is 6.55. The van der Waals surface area contributed by atoms with Crippen LogP contribution in [0.1, 0.15) is 77.0 Å². The number of carbonyl (C=O) groups is 2. The first-order valence-electron chi connectivity index (χ1n) is 12.2. The van der Waals surface area contributed by atoms with Crippen LogP contribution >= 0.6 is 71.9 Å². The molecule has 0 saturated carbocycles. The summed E-state index contributed by atoms with van der Waals surface area (Å²) >= 11 is 7.29. The second-order valence-electron chi connectivity index (χ2n) is 8.26. The van der Waals surface area contributed by atoms with Crippen LogP contribution in [-0.4, -0.2) is 70.7 Å². The molecule has 0 aromatic rings. The summed E-state index contributed by atoms with van der Waals surface area (Å²) in [6, 6.07) is -0.520. The van der Waals surface area contributed by atoms with Crippen LogP contribution in [0, 0.1) is 0 Å². The lowest BCUT2D eigenvalue weighted by Crippen LogP contribution is -2.31. The minimum Gasteiger partial charge on any atom is -0.321 e. The summed E-state index contributed by atoms with van der Waals surface area (Å²) < 4.78 is 0. The molecule has 0 unspecified atom stereocenters. The van der Waals surface area contributed by atoms with Gasteiger partial charge in [0.2, 0.25) is 0 Å². The Balaban J connectivity index is -0.00000480. The van der Waals surface area contributed by atoms with Gasteiger partial charge in [-0.05, 0) is 61.2 Å². The molecular weight excluding hydrogens is 547 g/mol. The molecular formula is C24H50Cl2N2O2S4. The molecule has 0 spiro atoms. The van der Waals surface area contributed by atoms with Crippen molar-refractivity contribution in [1.82, 2.24) is 0 Å². The summed E-state index contributed by atoms with van der Waals surface area (Å²) in [6.45, 7) is 0. The molecule has 0 aliphatic carbocycles. The summed E-state index contributed by atoms with van der Waals surface area (Å²) in [4.78, 5) is 23.8. The minimum atomic E-state index is -0.260. The van der Waals surface area contributed by atoms with Crippen LogP contribution in [0.5, 0.6) is 0 Å². The maximum Gasteiger partial charge on any atom is 0.150 e. The van der Waals surface area contributed by atoms with Gasteiger partial charge in [0.05, 0.1) is 12.1 Å². The number of ketones is 2. The van der Waals surface area contributed by atoms with Gasteiger partial charge in [-0.1, -0.05) is 38.5 Å². The fourth-order valence-corrected chi connectivity index (χ4v) is 6.10. The third-order valence-corrected chi connectivity index (χ3v) is 8.83. The van der Waals surface area contributed by atoms with Gasteiger partial charge in [-0.2, -0.15) is 47.0 Å². The number of thioether (sulfide) groups is 4. The molecule has 0 aliphatic heterocycles. The van der Waals surface area contributed by atoms with E-state index in [1.807, 2.05) is 36.0 Å². The lowest BCUT2D eigenvalue weighted by atomic mass is 10.1. The first kappa shape index (κ1) is 39.7. The fraction of sp³-hybridized carbons (Fsp3) is 0.917. The monoisotopic (exact) mass is 596 g/mol. The average Bonchev–Trinajstić information content (AvgIpc) is 2.80. The predicted octanol–water partition coefficient (Wildman–Crippen LogP) is 6.50. The van der Waals surface area contributed by atoms with Crippen molar-refractivity contribution in [2.24, 2.45) is 11.5 Å². The molecule has 2 atom stereocenters. The molecule has 0 aromatic carbocycles. The maximum atomic E-state index is 11.9. The van der Waals surface area contributed by atoms with Gasteiger partial charge >= 0.3 is 0 Å². The standard InChI is InChI=1S/C24H48N2O2S4.2ClH/c1-29-17-11-21(25)23(27)13-19-31-15-9-7-5-3-4-6-8-10-16-32-20-14-24(28)22(26)12-18-30-2;;/h21-22H,3-20,25-26H2,1-2H3;2*1H/t21-,22-;;/m0../s1. The third-order valence-electron chi connectivity index (χ3n) is 5.41. The van der Waals surface area contributed by atoms with Gasteiger partial charge in [0.15, 0.2) is 0 Å². The molecule has 4 N–H and O–H groups in total. The summed E-state index contributed by atoms with van der Waals surface area (Å²) in [5.41, 5.74) is 11.8. The van der Waals surface area contributed by atoms with E-state index in [4.69, 9.17) is 11.5 Å². The van der Waals surface area contributed by atoms with Crippen molar-refractivity contribution in [2.75, 3.05) is 47.0 Å². The van der Waals surface area contributed by atoms with E-state index in [0.29, 0.717) is 12.8 Å². The highest BCUT2D eigenvalue weighted by Crippen LogP contribution is 2.14. The number of unbranched alkanes of at least 4 members (excludes halogenated alkanes) is 7. The zero-order valence-electron chi connectivity index (χ0n) is 21.3. The summed E-state index contributed by atoms with van der Waals surface area (Å²) in [5, 5.41) is 0. The molecule has 10 heteroatoms. The molecule has 4 nitrogen and oxygen atoms in total. The van der Waals surface area contributed by atoms with E-state index in [0.717, 1.165) is 47.4 Å². The van der Waals surface area contributed by atoms with Crippen LogP contribution in [0.25, 0.3) is 0 Å². The van der Waals surface area contributed by atoms with Gasteiger partial charge < -0.3 is 11.5 Å². The van der Waals surface area contributed by atoms with E-state index >= 15 is 0 Å². The Labute approximate surface area is 239 Å². The highest BCUT2D eigenvalue weighted by Gasteiger charge is 2.13. The van der Waals surface area contributed by atoms with Crippen LogP contribution in [0.15, 0.2) is 0 Å². The molecule has 0 aromatic heterocycles. The molecule has 0 aliphatic rings. The summed E-state index contributed by atoms with van der Waals surface area (Å²) in [6.07, 6.45) is 17.4. The lowest BCUT2D eigenvalue weighted by Gasteiger charge is -2.09. The number of Topliss-reactive ketones (excluding diaryl/α,β-unsaturated/α-hetero) is 2. The highest BCUT2D eigenvalue weighted by molar-refractivity contribution is 7.99. The van der Waals surface area contributed by atoms with Gasteiger partial charge in [0, 0.05) is 24.3 Å². The van der Waals surface area contributed by atoms with Crippen LogP contribution < -0.4 is 11.5 Å². The van der Waals surface area contributed by atoms with Crippen molar-refractivity contribution in [2.45, 2.75) is 89.1 Å². The van der Waals surface area contributed by atoms with Crippen molar-refractivity contribution in [3.63, 3.8) is 0 Å². The topological polar surface area (TPSA) is 86.2 Å². The van der Waals surface area contributed by atoms with Gasteiger partial charge in [-0.25, -0.2) is 0 Å². The zero-order valence-corrected chi connectivity index (χ0v) is 26.2. The van der Waals surface area contributed by atoms with E-state index < -0.39 is 0 Å². The zero-order chi connectivity index (χ0) is 23.9. The molecule has 0 saturated heterocycles. The smallest absolute Gasteiger partial charge is 0.150 e. The van der Waals surface area contributed by atoms with Gasteiger partial charge in [-0.3, -0.25) is 9.59 Å². The Bertz CT molecular complexity index is 427. The van der Waals surface area contributed by atoms with Gasteiger partial charge in [-0.15, -0.1) is 24.8 Å². The molecule has 0 heterocycles. The number of nitrogens with two attached hydrogens (primary N) is 2. The van der Waals surface area contributed by atoms with E-state index in [-0.39, 0.29) is 48.5 Å². The van der Waals surface area contributed by atoms with Gasteiger partial charge in [0.25, 0.3) is 0 Å². The Morgan fingerprint density at radius 1 is 0.559 bits per heavy atom. The van der Waals surface area contributed by atoms with Crippen LogP contribution in [0.3, 0.4) is 0 Å². The van der Waals surface area contributed by atoms with Crippen molar-refractivity contribution in [1.29, 1.82) is 0 Å². The van der Waals surface area contributed by atoms with Crippen molar-refractivity contribution in [3.05, 3.63) is 0 Å². The van der Waals surface area contributed by atoms with Crippen LogP contribution in [0.4, 0.5) is 0 Å². The Morgan fingerprint density at radius 2 is 0.882 bits per heavy atom. The average molecular weight is 598 g/mol. The minimum absolute atomic E-state index is 0. The Hall–Kier alpha value is 1.24. The lowest BCUT2D eigenvalue weighted by molar-refractivity contribution is -0.120. The molecule has 0 rings (SSSR count). The first-order chi connectivity index (χ1) is 15.5. The quantitative estimate of drug-likeness (QED) is 0.115. The molecule has 206 valence electrons. The van der Waals surface area contributed by atoms with Crippen molar-refractivity contribution in [3.8, 4) is 0 Å². The molecule has 0 fully saturated rings. The molecule has 0 radical (unpaired) electrons. The van der Waals surface area contributed by atoms with E-state index in [2.05, 4.69) is 0 Å². The third kappa shape index (κ3) is 26.3. The molecule has 0 bridgehead atoms. The van der Waals surface area contributed by atoms with E-state index in [9.17, 15) is 9.59 Å². The number of hydrogen-bond donors (Lipinski definition) is 2. The number of carbonyl (C=O) groups excluding carboxylic acids is 2. The molecule has 34 heavy (non-hydrogen) atoms. The Kier molecular flexibility index (Phi) is 35.6. The predicted molar refractivity (Wildman–Crippen MR) is 167 cm³/mol. The second kappa shape index (κ2) is 30.5. The highest BCUT2D eigenvalue weighted by atomic mass is 35.5. The number of hydrogen-bond acceptors (Lipinski definition) is 8. The van der Waals surface area contributed by atoms with E-state index in [1.54, 1.807) is 23.5 Å².